The third kappa shape index (κ3) is 4.94. The van der Waals surface area contributed by atoms with E-state index in [2.05, 4.69) is 5.32 Å². The van der Waals surface area contributed by atoms with E-state index >= 15 is 0 Å². The topological polar surface area (TPSA) is 85.6 Å². The van der Waals surface area contributed by atoms with Crippen molar-refractivity contribution in [1.82, 2.24) is 15.1 Å². The summed E-state index contributed by atoms with van der Waals surface area (Å²) in [7, 11) is 1.63. The molecular formula is C23H24ClN3O4. The molecule has 4 rings (SSSR count). The summed E-state index contributed by atoms with van der Waals surface area (Å²) in [6.07, 6.45) is 2.03. The van der Waals surface area contributed by atoms with Crippen LogP contribution in [0.2, 0.25) is 5.02 Å². The van der Waals surface area contributed by atoms with Gasteiger partial charge in [-0.25, -0.2) is 9.48 Å². The van der Waals surface area contributed by atoms with Crippen LogP contribution in [0.3, 0.4) is 0 Å². The molecule has 7 nitrogen and oxygen atoms in total. The molecule has 1 aromatic heterocycles. The lowest BCUT2D eigenvalue weighted by Crippen LogP contribution is -2.38. The number of amides is 1. The molecule has 162 valence electrons. The van der Waals surface area contributed by atoms with Crippen LogP contribution in [0.5, 0.6) is 11.6 Å². The van der Waals surface area contributed by atoms with Crippen molar-refractivity contribution in [3.8, 4) is 28.6 Å². The Kier molecular flexibility index (Phi) is 6.32. The van der Waals surface area contributed by atoms with E-state index in [0.717, 1.165) is 42.6 Å². The Bertz CT molecular complexity index is 1040. The van der Waals surface area contributed by atoms with E-state index in [1.165, 1.54) is 0 Å². The van der Waals surface area contributed by atoms with Gasteiger partial charge in [-0.1, -0.05) is 35.9 Å². The lowest BCUT2D eigenvalue weighted by atomic mass is 9.93. The molecule has 0 radical (unpaired) electrons. The van der Waals surface area contributed by atoms with Gasteiger partial charge in [0.25, 0.3) is 0 Å². The first-order valence-corrected chi connectivity index (χ1v) is 10.6. The number of hydrogen-bond acceptors (Lipinski definition) is 4. The Morgan fingerprint density at radius 3 is 2.52 bits per heavy atom. The first kappa shape index (κ1) is 21.1. The Morgan fingerprint density at radius 1 is 1.13 bits per heavy atom. The summed E-state index contributed by atoms with van der Waals surface area (Å²) in [5.74, 6) is 1.22. The molecule has 2 N–H and O–H groups in total. The average molecular weight is 442 g/mol. The second-order valence-corrected chi connectivity index (χ2v) is 7.94. The minimum atomic E-state index is -0.979. The van der Waals surface area contributed by atoms with Crippen molar-refractivity contribution >= 4 is 17.7 Å². The standard InChI is InChI=1S/C23H24ClN3O4/c1-30-21-5-3-2-4-19(21)27-20(15-6-8-16(24)9-7-15)14-22(26-27)31-18-12-10-17(11-13-18)25-23(28)29/h2-9,14,17-18,25H,10-13H2,1H3,(H,28,29). The van der Waals surface area contributed by atoms with Crippen molar-refractivity contribution in [1.29, 1.82) is 0 Å². The molecule has 1 heterocycles. The molecule has 1 aliphatic carbocycles. The summed E-state index contributed by atoms with van der Waals surface area (Å²) in [6, 6.07) is 17.1. The van der Waals surface area contributed by atoms with Crippen molar-refractivity contribution in [3.05, 3.63) is 59.6 Å². The van der Waals surface area contributed by atoms with Crippen LogP contribution in [-0.2, 0) is 0 Å². The summed E-state index contributed by atoms with van der Waals surface area (Å²) in [6.45, 7) is 0. The molecule has 0 atom stereocenters. The molecule has 1 aliphatic rings. The molecule has 2 aromatic carbocycles. The number of halogens is 1. The van der Waals surface area contributed by atoms with Gasteiger partial charge in [0.15, 0.2) is 0 Å². The second kappa shape index (κ2) is 9.31. The minimum absolute atomic E-state index is 0.00840. The van der Waals surface area contributed by atoms with Crippen molar-refractivity contribution in [2.45, 2.75) is 37.8 Å². The van der Waals surface area contributed by atoms with Crippen LogP contribution >= 0.6 is 11.6 Å². The predicted molar refractivity (Wildman–Crippen MR) is 118 cm³/mol. The molecule has 1 amide bonds. The maximum Gasteiger partial charge on any atom is 0.404 e. The van der Waals surface area contributed by atoms with Crippen LogP contribution in [-0.4, -0.2) is 40.2 Å². The zero-order chi connectivity index (χ0) is 21.8. The van der Waals surface area contributed by atoms with Crippen LogP contribution in [0.15, 0.2) is 54.6 Å². The normalized spacial score (nSPS) is 18.4. The van der Waals surface area contributed by atoms with Gasteiger partial charge < -0.3 is 19.9 Å². The quantitative estimate of drug-likeness (QED) is 0.552. The summed E-state index contributed by atoms with van der Waals surface area (Å²) < 4.78 is 13.5. The van der Waals surface area contributed by atoms with Gasteiger partial charge in [-0.15, -0.1) is 5.10 Å². The molecule has 1 fully saturated rings. The number of nitrogens with one attached hydrogen (secondary N) is 1. The largest absolute Gasteiger partial charge is 0.494 e. The van der Waals surface area contributed by atoms with E-state index < -0.39 is 6.09 Å². The van der Waals surface area contributed by atoms with E-state index in [1.54, 1.807) is 7.11 Å². The molecule has 1 saturated carbocycles. The number of ether oxygens (including phenoxy) is 2. The van der Waals surface area contributed by atoms with Crippen molar-refractivity contribution in [2.24, 2.45) is 0 Å². The van der Waals surface area contributed by atoms with Gasteiger partial charge in [-0.2, -0.15) is 0 Å². The summed E-state index contributed by atoms with van der Waals surface area (Å²) in [5, 5.41) is 16.8. The molecular weight excluding hydrogens is 418 g/mol. The maximum absolute atomic E-state index is 10.8. The highest BCUT2D eigenvalue weighted by molar-refractivity contribution is 6.30. The summed E-state index contributed by atoms with van der Waals surface area (Å²) in [4.78, 5) is 10.8. The number of carboxylic acid groups (broad SMARTS) is 1. The van der Waals surface area contributed by atoms with Gasteiger partial charge in [0.1, 0.15) is 17.5 Å². The summed E-state index contributed by atoms with van der Waals surface area (Å²) in [5.41, 5.74) is 2.61. The second-order valence-electron chi connectivity index (χ2n) is 7.50. The highest BCUT2D eigenvalue weighted by atomic mass is 35.5. The Balaban J connectivity index is 1.61. The maximum atomic E-state index is 10.8. The van der Waals surface area contributed by atoms with E-state index in [-0.39, 0.29) is 12.1 Å². The fourth-order valence-electron chi connectivity index (χ4n) is 3.90. The van der Waals surface area contributed by atoms with Gasteiger partial charge in [-0.3, -0.25) is 0 Å². The smallest absolute Gasteiger partial charge is 0.404 e. The zero-order valence-corrected chi connectivity index (χ0v) is 17.9. The lowest BCUT2D eigenvalue weighted by molar-refractivity contribution is 0.129. The molecule has 3 aromatic rings. The fourth-order valence-corrected chi connectivity index (χ4v) is 4.03. The first-order valence-electron chi connectivity index (χ1n) is 10.2. The molecule has 0 saturated heterocycles. The van der Waals surface area contributed by atoms with E-state index in [9.17, 15) is 4.79 Å². The number of nitrogens with zero attached hydrogens (tertiary/aromatic N) is 2. The third-order valence-electron chi connectivity index (χ3n) is 5.43. The molecule has 0 unspecified atom stereocenters. The number of hydrogen-bond donors (Lipinski definition) is 2. The number of rotatable bonds is 6. The van der Waals surface area contributed by atoms with Crippen LogP contribution in [0, 0.1) is 0 Å². The molecule has 0 spiro atoms. The van der Waals surface area contributed by atoms with Gasteiger partial charge in [0, 0.05) is 22.7 Å². The van der Waals surface area contributed by atoms with Gasteiger partial charge in [0.05, 0.1) is 12.8 Å². The average Bonchev–Trinajstić information content (AvgIpc) is 3.18. The zero-order valence-electron chi connectivity index (χ0n) is 17.1. The number of para-hydroxylation sites is 2. The minimum Gasteiger partial charge on any atom is -0.494 e. The predicted octanol–water partition coefficient (Wildman–Crippen LogP) is 5.16. The number of aromatic nitrogens is 2. The Hall–Kier alpha value is -3.19. The SMILES string of the molecule is COc1ccccc1-n1nc(OC2CCC(NC(=O)O)CC2)cc1-c1ccc(Cl)cc1. The van der Waals surface area contributed by atoms with Gasteiger partial charge in [0.2, 0.25) is 5.88 Å². The monoisotopic (exact) mass is 441 g/mol. The molecule has 0 aliphatic heterocycles. The van der Waals surface area contributed by atoms with Gasteiger partial charge in [-0.05, 0) is 49.9 Å². The molecule has 31 heavy (non-hydrogen) atoms. The van der Waals surface area contributed by atoms with Crippen LogP contribution in [0.25, 0.3) is 16.9 Å². The highest BCUT2D eigenvalue weighted by Crippen LogP contribution is 2.33. The van der Waals surface area contributed by atoms with Crippen molar-refractivity contribution < 1.29 is 19.4 Å². The van der Waals surface area contributed by atoms with Crippen molar-refractivity contribution in [3.63, 3.8) is 0 Å². The lowest BCUT2D eigenvalue weighted by Gasteiger charge is -2.28. The summed E-state index contributed by atoms with van der Waals surface area (Å²) >= 11 is 6.07. The van der Waals surface area contributed by atoms with Crippen LogP contribution in [0.1, 0.15) is 25.7 Å². The fraction of sp³-hybridized carbons (Fsp3) is 0.304. The van der Waals surface area contributed by atoms with E-state index in [0.29, 0.717) is 16.7 Å². The number of methoxy groups -OCH3 is 1. The third-order valence-corrected chi connectivity index (χ3v) is 5.68. The highest BCUT2D eigenvalue weighted by Gasteiger charge is 2.25. The van der Waals surface area contributed by atoms with Crippen LogP contribution in [0.4, 0.5) is 4.79 Å². The molecule has 0 bridgehead atoms. The van der Waals surface area contributed by atoms with Crippen molar-refractivity contribution in [2.75, 3.05) is 7.11 Å². The van der Waals surface area contributed by atoms with E-state index in [4.69, 9.17) is 31.3 Å². The Morgan fingerprint density at radius 2 is 1.84 bits per heavy atom. The van der Waals surface area contributed by atoms with Crippen LogP contribution < -0.4 is 14.8 Å². The Labute approximate surface area is 185 Å². The first-order chi connectivity index (χ1) is 15.0. The number of carbonyl (C=O) groups is 1. The molecule has 8 heteroatoms. The van der Waals surface area contributed by atoms with E-state index in [1.807, 2.05) is 59.3 Å². The number of benzene rings is 2. The van der Waals surface area contributed by atoms with Gasteiger partial charge >= 0.3 is 6.09 Å².